The van der Waals surface area contributed by atoms with Crippen molar-refractivity contribution in [1.29, 1.82) is 0 Å². The molecule has 0 N–H and O–H groups in total. The monoisotopic (exact) mass is 424 g/mol. The van der Waals surface area contributed by atoms with E-state index in [1.807, 2.05) is 48.2 Å². The molecule has 156 valence electrons. The van der Waals surface area contributed by atoms with Crippen LogP contribution in [-0.2, 0) is 17.8 Å². The fraction of sp³-hybridized carbons (Fsp3) is 0.348. The van der Waals surface area contributed by atoms with Gasteiger partial charge in [-0.2, -0.15) is 0 Å². The third kappa shape index (κ3) is 5.26. The van der Waals surface area contributed by atoms with Crippen molar-refractivity contribution in [3.05, 3.63) is 70.6 Å². The summed E-state index contributed by atoms with van der Waals surface area (Å²) in [6, 6.07) is 15.9. The lowest BCUT2D eigenvalue weighted by Gasteiger charge is -2.34. The molecule has 2 heterocycles. The minimum Gasteiger partial charge on any atom is -0.421 e. The summed E-state index contributed by atoms with van der Waals surface area (Å²) in [6.07, 6.45) is 0.843. The molecule has 0 unspecified atom stereocenters. The van der Waals surface area contributed by atoms with Gasteiger partial charge in [-0.3, -0.25) is 9.69 Å². The minimum absolute atomic E-state index is 0.135. The normalized spacial score (nSPS) is 14.8. The first-order chi connectivity index (χ1) is 14.6. The molecule has 6 nitrogen and oxygen atoms in total. The van der Waals surface area contributed by atoms with Gasteiger partial charge in [0.15, 0.2) is 0 Å². The molecule has 1 aliphatic heterocycles. The van der Waals surface area contributed by atoms with E-state index in [0.717, 1.165) is 43.3 Å². The van der Waals surface area contributed by atoms with E-state index < -0.39 is 0 Å². The molecule has 1 aromatic heterocycles. The van der Waals surface area contributed by atoms with Gasteiger partial charge in [-0.1, -0.05) is 41.4 Å². The Labute approximate surface area is 181 Å². The van der Waals surface area contributed by atoms with Crippen molar-refractivity contribution >= 4 is 17.5 Å². The fourth-order valence-electron chi connectivity index (χ4n) is 3.54. The SMILES string of the molecule is Cc1ccc(-c2nnc(CCC(=O)N3CCN(Cc4ccc(Cl)cc4)CC3)o2)cc1. The van der Waals surface area contributed by atoms with Crippen LogP contribution >= 0.6 is 11.6 Å². The summed E-state index contributed by atoms with van der Waals surface area (Å²) in [7, 11) is 0. The average molecular weight is 425 g/mol. The smallest absolute Gasteiger partial charge is 0.247 e. The Kier molecular flexibility index (Phi) is 6.45. The van der Waals surface area contributed by atoms with E-state index in [0.29, 0.717) is 24.6 Å². The van der Waals surface area contributed by atoms with Crippen LogP contribution in [0.3, 0.4) is 0 Å². The zero-order valence-corrected chi connectivity index (χ0v) is 17.8. The highest BCUT2D eigenvalue weighted by Crippen LogP contribution is 2.19. The number of hydrogen-bond acceptors (Lipinski definition) is 5. The van der Waals surface area contributed by atoms with Crippen molar-refractivity contribution in [3.8, 4) is 11.5 Å². The van der Waals surface area contributed by atoms with Crippen LogP contribution in [0.1, 0.15) is 23.4 Å². The van der Waals surface area contributed by atoms with E-state index in [9.17, 15) is 4.79 Å². The quantitative estimate of drug-likeness (QED) is 0.599. The highest BCUT2D eigenvalue weighted by Gasteiger charge is 2.21. The van der Waals surface area contributed by atoms with Crippen LogP contribution in [0.2, 0.25) is 5.02 Å². The molecule has 3 aromatic rings. The molecule has 4 rings (SSSR count). The number of carbonyl (C=O) groups excluding carboxylic acids is 1. The van der Waals surface area contributed by atoms with E-state index in [2.05, 4.69) is 27.2 Å². The lowest BCUT2D eigenvalue weighted by Crippen LogP contribution is -2.48. The van der Waals surface area contributed by atoms with Crippen molar-refractivity contribution < 1.29 is 9.21 Å². The van der Waals surface area contributed by atoms with Gasteiger partial charge in [0.1, 0.15) is 0 Å². The van der Waals surface area contributed by atoms with Crippen LogP contribution in [0.5, 0.6) is 0 Å². The Bertz CT molecular complexity index is 977. The average Bonchev–Trinajstić information content (AvgIpc) is 3.24. The van der Waals surface area contributed by atoms with Gasteiger partial charge in [0.25, 0.3) is 0 Å². The molecular weight excluding hydrogens is 400 g/mol. The summed E-state index contributed by atoms with van der Waals surface area (Å²) in [4.78, 5) is 16.9. The zero-order valence-electron chi connectivity index (χ0n) is 17.1. The predicted octanol–water partition coefficient (Wildman–Crippen LogP) is 3.98. The molecule has 1 saturated heterocycles. The van der Waals surface area contributed by atoms with Gasteiger partial charge in [-0.25, -0.2) is 0 Å². The molecule has 0 saturated carbocycles. The number of nitrogens with zero attached hydrogens (tertiary/aromatic N) is 4. The third-order valence-electron chi connectivity index (χ3n) is 5.36. The number of aromatic nitrogens is 2. The summed E-state index contributed by atoms with van der Waals surface area (Å²) in [6.45, 7) is 6.13. The van der Waals surface area contributed by atoms with Gasteiger partial charge in [0.2, 0.25) is 17.7 Å². The maximum Gasteiger partial charge on any atom is 0.247 e. The number of rotatable bonds is 6. The predicted molar refractivity (Wildman–Crippen MR) is 116 cm³/mol. The lowest BCUT2D eigenvalue weighted by molar-refractivity contribution is -0.133. The molecule has 1 aliphatic rings. The third-order valence-corrected chi connectivity index (χ3v) is 5.61. The summed E-state index contributed by atoms with van der Waals surface area (Å²) >= 11 is 5.95. The van der Waals surface area contributed by atoms with Crippen molar-refractivity contribution in [2.75, 3.05) is 26.2 Å². The van der Waals surface area contributed by atoms with E-state index in [1.165, 1.54) is 11.1 Å². The second kappa shape index (κ2) is 9.41. The van der Waals surface area contributed by atoms with Crippen LogP contribution in [0.4, 0.5) is 0 Å². The highest BCUT2D eigenvalue weighted by molar-refractivity contribution is 6.30. The van der Waals surface area contributed by atoms with E-state index >= 15 is 0 Å². The minimum atomic E-state index is 0.135. The first-order valence-corrected chi connectivity index (χ1v) is 10.6. The van der Waals surface area contributed by atoms with Crippen molar-refractivity contribution in [2.45, 2.75) is 26.3 Å². The van der Waals surface area contributed by atoms with Crippen LogP contribution in [0.15, 0.2) is 52.9 Å². The number of halogens is 1. The molecular formula is C23H25ClN4O2. The first kappa shape index (κ1) is 20.6. The van der Waals surface area contributed by atoms with Crippen molar-refractivity contribution in [1.82, 2.24) is 20.0 Å². The standard InChI is InChI=1S/C23H25ClN4O2/c1-17-2-6-19(7-3-17)23-26-25-21(30-23)10-11-22(29)28-14-12-27(13-15-28)16-18-4-8-20(24)9-5-18/h2-9H,10-16H2,1H3. The van der Waals surface area contributed by atoms with Crippen molar-refractivity contribution in [2.24, 2.45) is 0 Å². The number of piperazine rings is 1. The number of aryl methyl sites for hydroxylation is 2. The number of amides is 1. The second-order valence-corrected chi connectivity index (χ2v) is 8.09. The van der Waals surface area contributed by atoms with Crippen LogP contribution in [0, 0.1) is 6.92 Å². The fourth-order valence-corrected chi connectivity index (χ4v) is 3.67. The van der Waals surface area contributed by atoms with Gasteiger partial charge in [0.05, 0.1) is 0 Å². The summed E-state index contributed by atoms with van der Waals surface area (Å²) < 4.78 is 5.73. The second-order valence-electron chi connectivity index (χ2n) is 7.65. The van der Waals surface area contributed by atoms with Crippen molar-refractivity contribution in [3.63, 3.8) is 0 Å². The highest BCUT2D eigenvalue weighted by atomic mass is 35.5. The molecule has 0 bridgehead atoms. The van der Waals surface area contributed by atoms with Gasteiger partial charge in [-0.15, -0.1) is 10.2 Å². The molecule has 0 atom stereocenters. The van der Waals surface area contributed by atoms with Crippen LogP contribution in [-0.4, -0.2) is 52.1 Å². The molecule has 30 heavy (non-hydrogen) atoms. The van der Waals surface area contributed by atoms with E-state index in [4.69, 9.17) is 16.0 Å². The summed E-state index contributed by atoms with van der Waals surface area (Å²) in [5.74, 6) is 1.13. The van der Waals surface area contributed by atoms with E-state index in [-0.39, 0.29) is 5.91 Å². The van der Waals surface area contributed by atoms with Crippen LogP contribution in [0.25, 0.3) is 11.5 Å². The van der Waals surface area contributed by atoms with E-state index in [1.54, 1.807) is 0 Å². The van der Waals surface area contributed by atoms with Gasteiger partial charge < -0.3 is 9.32 Å². The summed E-state index contributed by atoms with van der Waals surface area (Å²) in [5.41, 5.74) is 3.31. The molecule has 0 spiro atoms. The number of hydrogen-bond donors (Lipinski definition) is 0. The van der Waals surface area contributed by atoms with Gasteiger partial charge >= 0.3 is 0 Å². The molecule has 0 radical (unpaired) electrons. The summed E-state index contributed by atoms with van der Waals surface area (Å²) in [5, 5.41) is 8.95. The van der Waals surface area contributed by atoms with Crippen LogP contribution < -0.4 is 0 Å². The molecule has 1 amide bonds. The van der Waals surface area contributed by atoms with Gasteiger partial charge in [0, 0.05) is 56.2 Å². The Morgan fingerprint density at radius 3 is 2.40 bits per heavy atom. The molecule has 7 heteroatoms. The first-order valence-electron chi connectivity index (χ1n) is 10.2. The molecule has 0 aliphatic carbocycles. The Balaban J connectivity index is 1.23. The Hall–Kier alpha value is -2.70. The topological polar surface area (TPSA) is 62.5 Å². The molecule has 2 aromatic carbocycles. The maximum absolute atomic E-state index is 12.6. The Morgan fingerprint density at radius 1 is 1.00 bits per heavy atom. The number of benzene rings is 2. The number of carbonyl (C=O) groups is 1. The molecule has 1 fully saturated rings. The Morgan fingerprint density at radius 2 is 1.70 bits per heavy atom. The van der Waals surface area contributed by atoms with Gasteiger partial charge in [-0.05, 0) is 36.8 Å². The maximum atomic E-state index is 12.6. The lowest BCUT2D eigenvalue weighted by atomic mass is 10.1. The largest absolute Gasteiger partial charge is 0.421 e. The zero-order chi connectivity index (χ0) is 20.9.